The predicted molar refractivity (Wildman–Crippen MR) is 132 cm³/mol. The first kappa shape index (κ1) is 24.5. The molecule has 0 radical (unpaired) electrons. The van der Waals surface area contributed by atoms with Crippen LogP contribution in [0.25, 0.3) is 0 Å². The monoisotopic (exact) mass is 426 g/mol. The van der Waals surface area contributed by atoms with Crippen molar-refractivity contribution in [2.45, 2.75) is 98.2 Å². The zero-order chi connectivity index (χ0) is 22.8. The summed E-state index contributed by atoms with van der Waals surface area (Å²) in [7, 11) is 0. The number of hydrogen-bond donors (Lipinski definition) is 2. The van der Waals surface area contributed by atoms with Crippen LogP contribution in [-0.2, 0) is 0 Å². The van der Waals surface area contributed by atoms with E-state index < -0.39 is 12.2 Å². The van der Waals surface area contributed by atoms with Crippen molar-refractivity contribution in [3.63, 3.8) is 0 Å². The summed E-state index contributed by atoms with van der Waals surface area (Å²) < 4.78 is 0. The summed E-state index contributed by atoms with van der Waals surface area (Å²) >= 11 is 0. The van der Waals surface area contributed by atoms with Crippen LogP contribution in [0.5, 0.6) is 0 Å². The van der Waals surface area contributed by atoms with Crippen LogP contribution in [0.3, 0.4) is 0 Å². The molecular weight excluding hydrogens is 380 g/mol. The Hall–Kier alpha value is -1.12. The van der Waals surface area contributed by atoms with Gasteiger partial charge in [0.1, 0.15) is 0 Å². The zero-order valence-electron chi connectivity index (χ0n) is 20.6. The summed E-state index contributed by atoms with van der Waals surface area (Å²) in [6.07, 6.45) is 17.1. The maximum atomic E-state index is 10.2. The van der Waals surface area contributed by atoms with Gasteiger partial charge in [-0.1, -0.05) is 71.1 Å². The molecule has 0 bridgehead atoms. The van der Waals surface area contributed by atoms with E-state index in [-0.39, 0.29) is 0 Å². The lowest BCUT2D eigenvalue weighted by atomic mass is 9.61. The van der Waals surface area contributed by atoms with E-state index in [9.17, 15) is 10.2 Å². The summed E-state index contributed by atoms with van der Waals surface area (Å²) in [5, 5.41) is 20.2. The minimum Gasteiger partial charge on any atom is -0.393 e. The molecular formula is C29H46O2. The number of allylic oxidation sites excluding steroid dienone is 5. The first-order valence-corrected chi connectivity index (χ1v) is 12.8. The molecule has 0 aromatic rings. The Bertz CT molecular complexity index is 727. The highest BCUT2D eigenvalue weighted by atomic mass is 16.3. The average Bonchev–Trinajstić information content (AvgIpc) is 3.07. The Balaban J connectivity index is 1.76. The molecule has 0 spiro atoms. The molecule has 0 aromatic heterocycles. The van der Waals surface area contributed by atoms with Gasteiger partial charge in [-0.3, -0.25) is 0 Å². The fourth-order valence-electron chi connectivity index (χ4n) is 6.89. The normalized spacial score (nSPS) is 38.9. The van der Waals surface area contributed by atoms with Gasteiger partial charge in [-0.15, -0.1) is 0 Å². The highest BCUT2D eigenvalue weighted by Gasteiger charge is 2.50. The Morgan fingerprint density at radius 2 is 1.87 bits per heavy atom. The highest BCUT2D eigenvalue weighted by molar-refractivity contribution is 5.38. The maximum absolute atomic E-state index is 10.2. The summed E-state index contributed by atoms with van der Waals surface area (Å²) in [4.78, 5) is 0. The molecule has 174 valence electrons. The first-order valence-electron chi connectivity index (χ1n) is 12.8. The van der Waals surface area contributed by atoms with Crippen LogP contribution in [0.1, 0.15) is 86.0 Å². The lowest BCUT2D eigenvalue weighted by Gasteiger charge is -2.44. The van der Waals surface area contributed by atoms with Gasteiger partial charge in [-0.2, -0.15) is 0 Å². The second kappa shape index (κ2) is 10.2. The minimum atomic E-state index is -0.605. The Morgan fingerprint density at radius 1 is 1.13 bits per heavy atom. The predicted octanol–water partition coefficient (Wildman–Crippen LogP) is 7.00. The van der Waals surface area contributed by atoms with Gasteiger partial charge in [0.25, 0.3) is 0 Å². The van der Waals surface area contributed by atoms with Gasteiger partial charge in [0.05, 0.1) is 12.2 Å². The summed E-state index contributed by atoms with van der Waals surface area (Å²) in [5.41, 5.74) is 3.78. The van der Waals surface area contributed by atoms with Gasteiger partial charge in [0.2, 0.25) is 0 Å². The van der Waals surface area contributed by atoms with Gasteiger partial charge in [0.15, 0.2) is 0 Å². The van der Waals surface area contributed by atoms with Crippen molar-refractivity contribution in [3.05, 3.63) is 47.6 Å². The number of hydrogen-bond acceptors (Lipinski definition) is 2. The number of rotatable bonds is 6. The molecule has 0 aliphatic heterocycles. The maximum Gasteiger partial charge on any atom is 0.0811 e. The Labute approximate surface area is 191 Å². The van der Waals surface area contributed by atoms with Crippen LogP contribution in [0.4, 0.5) is 0 Å². The van der Waals surface area contributed by atoms with Crippen molar-refractivity contribution in [3.8, 4) is 0 Å². The van der Waals surface area contributed by atoms with Crippen LogP contribution in [0.2, 0.25) is 0 Å². The summed E-state index contributed by atoms with van der Waals surface area (Å²) in [6.45, 7) is 16.0. The molecule has 3 aliphatic carbocycles. The molecule has 7 atom stereocenters. The van der Waals surface area contributed by atoms with Crippen molar-refractivity contribution in [1.29, 1.82) is 0 Å². The molecule has 2 nitrogen and oxygen atoms in total. The van der Waals surface area contributed by atoms with E-state index in [2.05, 4.69) is 65.5 Å². The fourth-order valence-corrected chi connectivity index (χ4v) is 6.89. The Kier molecular flexibility index (Phi) is 8.08. The van der Waals surface area contributed by atoms with Crippen molar-refractivity contribution < 1.29 is 10.2 Å². The Morgan fingerprint density at radius 3 is 2.55 bits per heavy atom. The molecule has 0 saturated heterocycles. The van der Waals surface area contributed by atoms with E-state index in [0.29, 0.717) is 41.9 Å². The summed E-state index contributed by atoms with van der Waals surface area (Å²) in [6, 6.07) is 0. The van der Waals surface area contributed by atoms with E-state index in [1.165, 1.54) is 38.5 Å². The van der Waals surface area contributed by atoms with Crippen molar-refractivity contribution in [1.82, 2.24) is 0 Å². The number of aliphatic hydroxyl groups excluding tert-OH is 2. The van der Waals surface area contributed by atoms with Gasteiger partial charge >= 0.3 is 0 Å². The van der Waals surface area contributed by atoms with Gasteiger partial charge in [0, 0.05) is 6.42 Å². The van der Waals surface area contributed by atoms with Crippen LogP contribution < -0.4 is 0 Å². The third-order valence-corrected chi connectivity index (χ3v) is 8.93. The van der Waals surface area contributed by atoms with Crippen molar-refractivity contribution in [2.75, 3.05) is 0 Å². The van der Waals surface area contributed by atoms with Crippen molar-refractivity contribution >= 4 is 0 Å². The number of fused-ring (bicyclic) bond motifs is 1. The first-order chi connectivity index (χ1) is 14.7. The van der Waals surface area contributed by atoms with Crippen molar-refractivity contribution in [2.24, 2.45) is 35.0 Å². The fraction of sp³-hybridized carbons (Fsp3) is 0.724. The van der Waals surface area contributed by atoms with Gasteiger partial charge < -0.3 is 10.2 Å². The van der Waals surface area contributed by atoms with Crippen LogP contribution >= 0.6 is 0 Å². The molecule has 31 heavy (non-hydrogen) atoms. The van der Waals surface area contributed by atoms with Gasteiger partial charge in [-0.25, -0.2) is 0 Å². The molecule has 2 heteroatoms. The van der Waals surface area contributed by atoms with Crippen LogP contribution in [0, 0.1) is 35.0 Å². The molecule has 3 aliphatic rings. The quantitative estimate of drug-likeness (QED) is 0.449. The molecule has 3 saturated carbocycles. The minimum absolute atomic E-state index is 0.383. The highest BCUT2D eigenvalue weighted by Crippen LogP contribution is 2.59. The van der Waals surface area contributed by atoms with E-state index in [0.717, 1.165) is 17.1 Å². The van der Waals surface area contributed by atoms with E-state index in [1.54, 1.807) is 5.57 Å². The molecule has 3 rings (SSSR count). The smallest absolute Gasteiger partial charge is 0.0811 e. The standard InChI is InChI=1S/C29H46O2/c1-7-22(19(2)3)11-10-20(4)26-14-15-27-23(9-8-16-29(26,27)6)12-13-24-17-25(30)18-28(31)21(24)5/h10-13,19-20,22,25-28,30-31H,5,7-9,14-18H2,1-4,6H3/b11-10+,23-12+,24-13-/t20-,22+,25-,26?,27+,28+,29-/m1/s1. The van der Waals surface area contributed by atoms with Crippen LogP contribution in [0.15, 0.2) is 47.6 Å². The van der Waals surface area contributed by atoms with E-state index >= 15 is 0 Å². The zero-order valence-corrected chi connectivity index (χ0v) is 20.6. The number of aliphatic hydroxyl groups is 2. The molecule has 1 unspecified atom stereocenters. The molecule has 0 heterocycles. The van der Waals surface area contributed by atoms with Gasteiger partial charge in [-0.05, 0) is 91.1 Å². The van der Waals surface area contributed by atoms with E-state index in [1.807, 2.05) is 0 Å². The molecule has 0 amide bonds. The molecule has 2 N–H and O–H groups in total. The third kappa shape index (κ3) is 5.28. The topological polar surface area (TPSA) is 40.5 Å². The molecule has 0 aromatic carbocycles. The third-order valence-electron chi connectivity index (χ3n) is 8.93. The largest absolute Gasteiger partial charge is 0.393 e. The average molecular weight is 427 g/mol. The SMILES string of the molecule is C=C1/C(=C\C=C2/CCC[C@]3(C)C([C@H](C)/C=C/[C@H](CC)C(C)C)CC[C@@H]23)C[C@@H](O)C[C@@H]1O. The second-order valence-electron chi connectivity index (χ2n) is 11.2. The lowest BCUT2D eigenvalue weighted by molar-refractivity contribution is 0.0862. The molecule has 3 fully saturated rings. The van der Waals surface area contributed by atoms with E-state index in [4.69, 9.17) is 0 Å². The summed E-state index contributed by atoms with van der Waals surface area (Å²) in [5.74, 6) is 3.45. The second-order valence-corrected chi connectivity index (χ2v) is 11.2. The van der Waals surface area contributed by atoms with Crippen LogP contribution in [-0.4, -0.2) is 22.4 Å². The lowest BCUT2D eigenvalue weighted by Crippen LogP contribution is -2.35.